The van der Waals surface area contributed by atoms with Crippen LogP contribution < -0.4 is 0 Å². The van der Waals surface area contributed by atoms with E-state index in [1.807, 2.05) is 73.1 Å². The van der Waals surface area contributed by atoms with Crippen molar-refractivity contribution in [2.24, 2.45) is 0 Å². The van der Waals surface area contributed by atoms with E-state index in [1.165, 1.54) is 0 Å². The van der Waals surface area contributed by atoms with Gasteiger partial charge in [0.2, 0.25) is 0 Å². The summed E-state index contributed by atoms with van der Waals surface area (Å²) in [6.45, 7) is 6.41. The maximum Gasteiger partial charge on any atom is 0.0907 e. The molecule has 1 radical (unpaired) electrons. The molecule has 35 heavy (non-hydrogen) atoms. The van der Waals surface area contributed by atoms with Crippen LogP contribution in [0.5, 0.6) is 0 Å². The van der Waals surface area contributed by atoms with Crippen molar-refractivity contribution >= 4 is 46.4 Å². The smallest absolute Gasteiger partial charge is 0.0907 e. The van der Waals surface area contributed by atoms with Gasteiger partial charge in [0.1, 0.15) is 0 Å². The first kappa shape index (κ1) is 23.0. The number of fused-ring (bicyclic) bond motifs is 8. The summed E-state index contributed by atoms with van der Waals surface area (Å²) in [5.74, 6) is 0. The molecule has 0 atom stereocenters. The number of hydrogen-bond donors (Lipinski definition) is 2. The van der Waals surface area contributed by atoms with Crippen LogP contribution in [-0.4, -0.2) is 29.9 Å². The van der Waals surface area contributed by atoms with E-state index in [4.69, 9.17) is 15.0 Å². The number of hydrogen-bond acceptors (Lipinski definition) is 4. The van der Waals surface area contributed by atoms with E-state index in [9.17, 15) is 0 Å². The maximum atomic E-state index is 4.78. The maximum absolute atomic E-state index is 4.78. The summed E-state index contributed by atoms with van der Waals surface area (Å²) in [4.78, 5) is 25.9. The van der Waals surface area contributed by atoms with Gasteiger partial charge in [-0.2, -0.15) is 0 Å². The molecule has 7 heteroatoms. The van der Waals surface area contributed by atoms with Crippen molar-refractivity contribution in [3.05, 3.63) is 83.3 Å². The van der Waals surface area contributed by atoms with Gasteiger partial charge in [0.05, 0.1) is 45.9 Å². The number of H-pyrrole nitrogens is 2. The Hall–Kier alpha value is -3.81. The third-order valence-electron chi connectivity index (χ3n) is 5.86. The number of aromatic amines is 2. The molecule has 0 unspecified atom stereocenters. The minimum absolute atomic E-state index is 0. The van der Waals surface area contributed by atoms with Gasteiger partial charge in [-0.15, -0.1) is 0 Å². The summed E-state index contributed by atoms with van der Waals surface area (Å²) < 4.78 is 0. The Kier molecular flexibility index (Phi) is 5.74. The van der Waals surface area contributed by atoms with Crippen molar-refractivity contribution in [2.45, 2.75) is 26.2 Å². The van der Waals surface area contributed by atoms with E-state index < -0.39 is 0 Å². The molecule has 2 aliphatic heterocycles. The Balaban J connectivity index is 0.00000253. The minimum Gasteiger partial charge on any atom is -0.355 e. The van der Waals surface area contributed by atoms with Gasteiger partial charge in [-0.1, -0.05) is 20.8 Å². The topological polar surface area (TPSA) is 83.1 Å². The molecule has 0 aromatic carbocycles. The molecule has 6 rings (SSSR count). The van der Waals surface area contributed by atoms with E-state index in [0.29, 0.717) is 0 Å². The zero-order valence-electron chi connectivity index (χ0n) is 19.6. The molecule has 2 aliphatic rings. The summed E-state index contributed by atoms with van der Waals surface area (Å²) in [5.41, 5.74) is 10.1. The monoisotopic (exact) mass is 503 g/mol. The van der Waals surface area contributed by atoms with Gasteiger partial charge in [0.15, 0.2) is 0 Å². The van der Waals surface area contributed by atoms with E-state index >= 15 is 0 Å². The van der Waals surface area contributed by atoms with E-state index in [-0.39, 0.29) is 22.2 Å². The molecule has 0 amide bonds. The Labute approximate surface area is 213 Å². The molecule has 0 saturated heterocycles. The fourth-order valence-corrected chi connectivity index (χ4v) is 4.08. The minimum atomic E-state index is -0.0503. The molecular weight excluding hydrogens is 479 g/mol. The zero-order chi connectivity index (χ0) is 23.3. The fraction of sp³-hybridized carbons (Fsp3) is 0.143. The number of rotatable bonds is 1. The predicted molar refractivity (Wildman–Crippen MR) is 139 cm³/mol. The Morgan fingerprint density at radius 2 is 1.20 bits per heavy atom. The average molecular weight is 503 g/mol. The van der Waals surface area contributed by atoms with E-state index in [1.54, 1.807) is 0 Å². The summed E-state index contributed by atoms with van der Waals surface area (Å²) >= 11 is 0. The zero-order valence-corrected chi connectivity index (χ0v) is 20.7. The van der Waals surface area contributed by atoms with Crippen LogP contribution in [0.1, 0.15) is 49.2 Å². The van der Waals surface area contributed by atoms with Gasteiger partial charge in [-0.3, -0.25) is 9.97 Å². The van der Waals surface area contributed by atoms with Crippen LogP contribution in [0.15, 0.2) is 54.9 Å². The van der Waals surface area contributed by atoms with Gasteiger partial charge in [-0.05, 0) is 66.8 Å². The molecule has 8 bridgehead atoms. The Bertz CT molecular complexity index is 1630. The molecule has 6 heterocycles. The quantitative estimate of drug-likeness (QED) is 0.272. The first-order valence-corrected chi connectivity index (χ1v) is 11.3. The third kappa shape index (κ3) is 4.73. The number of aromatic nitrogens is 6. The summed E-state index contributed by atoms with van der Waals surface area (Å²) in [6, 6.07) is 14.4. The second-order valence-electron chi connectivity index (χ2n) is 9.63. The summed E-state index contributed by atoms with van der Waals surface area (Å²) in [7, 11) is 0. The largest absolute Gasteiger partial charge is 0.355 e. The summed E-state index contributed by atoms with van der Waals surface area (Å²) in [6.07, 6.45) is 11.8. The van der Waals surface area contributed by atoms with Crippen LogP contribution >= 0.6 is 0 Å². The predicted octanol–water partition coefficient (Wildman–Crippen LogP) is 6.41. The molecule has 2 N–H and O–H groups in total. The second-order valence-corrected chi connectivity index (χ2v) is 9.63. The van der Waals surface area contributed by atoms with Gasteiger partial charge in [0.25, 0.3) is 0 Å². The van der Waals surface area contributed by atoms with Crippen LogP contribution in [0.25, 0.3) is 57.6 Å². The average Bonchev–Trinajstić information content (AvgIpc) is 3.58. The van der Waals surface area contributed by atoms with Crippen molar-refractivity contribution in [1.29, 1.82) is 0 Å². The van der Waals surface area contributed by atoms with Crippen molar-refractivity contribution < 1.29 is 16.8 Å². The first-order chi connectivity index (χ1) is 16.4. The molecule has 4 aromatic rings. The molecule has 0 saturated carbocycles. The molecule has 4 aromatic heterocycles. The molecule has 0 spiro atoms. The SMILES string of the molecule is CC(C)(C)c1cnc(-c2cc3cc4nc(cc5ccc(cc6nc(cc2[nH]3)C=C6)[nH]5)C=C4)cn1.[Co]. The van der Waals surface area contributed by atoms with E-state index in [0.717, 1.165) is 61.8 Å². The van der Waals surface area contributed by atoms with Crippen LogP contribution in [0.4, 0.5) is 0 Å². The molecule has 6 nitrogen and oxygen atoms in total. The molecule has 0 aliphatic carbocycles. The third-order valence-corrected chi connectivity index (χ3v) is 5.86. The van der Waals surface area contributed by atoms with Gasteiger partial charge in [0, 0.05) is 50.5 Å². The molecule has 175 valence electrons. The normalized spacial score (nSPS) is 12.5. The number of nitrogens with one attached hydrogen (secondary N) is 2. The molecule has 0 fully saturated rings. The van der Waals surface area contributed by atoms with Crippen molar-refractivity contribution in [3.63, 3.8) is 0 Å². The van der Waals surface area contributed by atoms with Crippen LogP contribution in [0, 0.1) is 0 Å². The van der Waals surface area contributed by atoms with Crippen LogP contribution in [-0.2, 0) is 22.2 Å². The van der Waals surface area contributed by atoms with E-state index in [2.05, 4.69) is 41.8 Å². The Morgan fingerprint density at radius 3 is 1.74 bits per heavy atom. The van der Waals surface area contributed by atoms with Gasteiger partial charge >= 0.3 is 0 Å². The molecular formula is C28H24CoN6. The standard InChI is InChI=1S/C28H24N6.Co/c1-28(2,3)27-16-29-26(15-30-27)24-13-23-12-21-7-6-19(32-21)10-17-4-5-18(31-17)11-20-8-9-22(33-20)14-25(24)34-23;/h4-16,31,34H,1-3H3;. The van der Waals surface area contributed by atoms with Crippen molar-refractivity contribution in [3.8, 4) is 11.3 Å². The van der Waals surface area contributed by atoms with Gasteiger partial charge < -0.3 is 9.97 Å². The van der Waals surface area contributed by atoms with Crippen LogP contribution in [0.2, 0.25) is 0 Å². The number of nitrogens with zero attached hydrogens (tertiary/aromatic N) is 4. The second kappa shape index (κ2) is 8.76. The van der Waals surface area contributed by atoms with Crippen LogP contribution in [0.3, 0.4) is 0 Å². The fourth-order valence-electron chi connectivity index (χ4n) is 4.08. The first-order valence-electron chi connectivity index (χ1n) is 11.3. The Morgan fingerprint density at radius 1 is 0.629 bits per heavy atom. The van der Waals surface area contributed by atoms with Crippen molar-refractivity contribution in [1.82, 2.24) is 29.9 Å². The van der Waals surface area contributed by atoms with Crippen molar-refractivity contribution in [2.75, 3.05) is 0 Å². The summed E-state index contributed by atoms with van der Waals surface area (Å²) in [5, 5.41) is 0. The van der Waals surface area contributed by atoms with Gasteiger partial charge in [-0.25, -0.2) is 9.97 Å².